The van der Waals surface area contributed by atoms with Gasteiger partial charge in [-0.3, -0.25) is 9.69 Å². The molecule has 0 spiro atoms. The molecule has 1 heterocycles. The highest BCUT2D eigenvalue weighted by atomic mass is 32.2. The Morgan fingerprint density at radius 3 is 3.00 bits per heavy atom. The third-order valence-corrected chi connectivity index (χ3v) is 4.88. The Kier molecular flexibility index (Phi) is 6.02. The molecule has 1 aromatic carbocycles. The van der Waals surface area contributed by atoms with Gasteiger partial charge in [0.2, 0.25) is 5.91 Å². The number of benzene rings is 1. The molecule has 1 aromatic rings. The van der Waals surface area contributed by atoms with Gasteiger partial charge in [-0.05, 0) is 37.8 Å². The second kappa shape index (κ2) is 7.77. The van der Waals surface area contributed by atoms with Crippen LogP contribution in [-0.4, -0.2) is 46.4 Å². The van der Waals surface area contributed by atoms with Gasteiger partial charge in [0.15, 0.2) is 0 Å². The Labute approximate surface area is 135 Å². The lowest BCUT2D eigenvalue weighted by atomic mass is 10.2. The number of thiocarbonyl (C=S) groups is 1. The smallest absolute Gasteiger partial charge is 0.241 e. The second-order valence-electron chi connectivity index (χ2n) is 5.11. The van der Waals surface area contributed by atoms with Crippen LogP contribution in [0.3, 0.4) is 0 Å². The van der Waals surface area contributed by atoms with E-state index in [1.165, 1.54) is 5.75 Å². The minimum Gasteiger partial charge on any atom is -0.389 e. The molecule has 4 nitrogen and oxygen atoms in total. The number of carbonyl (C=O) groups excluding carboxylic acids is 1. The molecule has 1 saturated heterocycles. The van der Waals surface area contributed by atoms with Crippen LogP contribution < -0.4 is 11.1 Å². The van der Waals surface area contributed by atoms with E-state index in [0.29, 0.717) is 4.99 Å². The average Bonchev–Trinajstić information content (AvgIpc) is 2.75. The number of amides is 1. The van der Waals surface area contributed by atoms with Gasteiger partial charge in [0.05, 0.1) is 6.04 Å². The van der Waals surface area contributed by atoms with Gasteiger partial charge >= 0.3 is 0 Å². The highest BCUT2D eigenvalue weighted by Crippen LogP contribution is 2.15. The van der Waals surface area contributed by atoms with E-state index >= 15 is 0 Å². The van der Waals surface area contributed by atoms with Crippen LogP contribution in [0.2, 0.25) is 0 Å². The van der Waals surface area contributed by atoms with Gasteiger partial charge in [0.1, 0.15) is 4.99 Å². The predicted molar refractivity (Wildman–Crippen MR) is 93.9 cm³/mol. The van der Waals surface area contributed by atoms with Gasteiger partial charge in [0, 0.05) is 23.5 Å². The van der Waals surface area contributed by atoms with E-state index in [1.807, 2.05) is 43.0 Å². The van der Waals surface area contributed by atoms with E-state index in [9.17, 15) is 4.79 Å². The second-order valence-corrected chi connectivity index (χ2v) is 6.78. The number of nitrogens with two attached hydrogens (primary N) is 1. The lowest BCUT2D eigenvalue weighted by Crippen LogP contribution is -2.43. The molecule has 3 N–H and O–H groups in total. The number of carbonyl (C=O) groups is 1. The van der Waals surface area contributed by atoms with Crippen molar-refractivity contribution < 1.29 is 4.79 Å². The maximum absolute atomic E-state index is 12.4. The Bertz CT molecular complexity index is 513. The summed E-state index contributed by atoms with van der Waals surface area (Å²) < 4.78 is 0. The highest BCUT2D eigenvalue weighted by molar-refractivity contribution is 7.99. The summed E-state index contributed by atoms with van der Waals surface area (Å²) in [6.07, 6.45) is 1.14. The Balaban J connectivity index is 1.99. The molecule has 6 heteroatoms. The van der Waals surface area contributed by atoms with E-state index < -0.39 is 0 Å². The van der Waals surface area contributed by atoms with Crippen molar-refractivity contribution >= 4 is 40.6 Å². The first-order valence-corrected chi connectivity index (χ1v) is 8.67. The zero-order valence-electron chi connectivity index (χ0n) is 12.2. The van der Waals surface area contributed by atoms with Gasteiger partial charge in [0.25, 0.3) is 0 Å². The molecule has 1 atom stereocenters. The number of nitrogens with zero attached hydrogens (tertiary/aromatic N) is 1. The molecule has 1 aliphatic rings. The maximum Gasteiger partial charge on any atom is 0.241 e. The van der Waals surface area contributed by atoms with E-state index in [0.717, 1.165) is 36.5 Å². The first kappa shape index (κ1) is 16.3. The van der Waals surface area contributed by atoms with Crippen LogP contribution in [0.15, 0.2) is 24.3 Å². The summed E-state index contributed by atoms with van der Waals surface area (Å²) in [5, 5.41) is 2.95. The standard InChI is InChI=1S/C15H21N3OS2/c1-11(18-6-3-8-21-9-7-18)15(19)17-13-5-2-4-12(10-13)14(16)20/h2,4-5,10-11H,3,6-9H2,1H3,(H2,16,20)(H,17,19). The van der Waals surface area contributed by atoms with Crippen molar-refractivity contribution in [3.8, 4) is 0 Å². The minimum absolute atomic E-state index is 0.0157. The van der Waals surface area contributed by atoms with Crippen molar-refractivity contribution in [2.45, 2.75) is 19.4 Å². The minimum atomic E-state index is -0.128. The summed E-state index contributed by atoms with van der Waals surface area (Å²) in [4.78, 5) is 15.0. The molecule has 1 amide bonds. The van der Waals surface area contributed by atoms with Crippen LogP contribution in [0.4, 0.5) is 5.69 Å². The molecule has 0 saturated carbocycles. The van der Waals surface area contributed by atoms with Gasteiger partial charge in [-0.2, -0.15) is 11.8 Å². The van der Waals surface area contributed by atoms with Gasteiger partial charge in [-0.25, -0.2) is 0 Å². The summed E-state index contributed by atoms with van der Waals surface area (Å²) >= 11 is 6.91. The van der Waals surface area contributed by atoms with E-state index in [2.05, 4.69) is 10.2 Å². The molecule has 2 rings (SSSR count). The number of anilines is 1. The number of hydrogen-bond donors (Lipinski definition) is 2. The zero-order chi connectivity index (χ0) is 15.2. The fourth-order valence-electron chi connectivity index (χ4n) is 2.32. The highest BCUT2D eigenvalue weighted by Gasteiger charge is 2.22. The Morgan fingerprint density at radius 1 is 1.43 bits per heavy atom. The van der Waals surface area contributed by atoms with Crippen LogP contribution in [0.1, 0.15) is 18.9 Å². The summed E-state index contributed by atoms with van der Waals surface area (Å²) in [5.41, 5.74) is 7.12. The molecular weight excluding hydrogens is 302 g/mol. The van der Waals surface area contributed by atoms with Gasteiger partial charge < -0.3 is 11.1 Å². The van der Waals surface area contributed by atoms with Crippen LogP contribution in [0.5, 0.6) is 0 Å². The van der Waals surface area contributed by atoms with Crippen LogP contribution in [0.25, 0.3) is 0 Å². The summed E-state index contributed by atoms with van der Waals surface area (Å²) in [7, 11) is 0. The van der Waals surface area contributed by atoms with Crippen LogP contribution in [0, 0.1) is 0 Å². The fraction of sp³-hybridized carbons (Fsp3) is 0.467. The van der Waals surface area contributed by atoms with Crippen molar-refractivity contribution in [3.63, 3.8) is 0 Å². The van der Waals surface area contributed by atoms with Crippen molar-refractivity contribution in [2.75, 3.05) is 29.9 Å². The third kappa shape index (κ3) is 4.69. The van der Waals surface area contributed by atoms with Crippen molar-refractivity contribution in [1.82, 2.24) is 4.90 Å². The monoisotopic (exact) mass is 323 g/mol. The molecule has 0 aliphatic carbocycles. The number of rotatable bonds is 4. The first-order chi connectivity index (χ1) is 10.1. The molecule has 1 unspecified atom stereocenters. The van der Waals surface area contributed by atoms with E-state index in [4.69, 9.17) is 18.0 Å². The molecule has 0 radical (unpaired) electrons. The largest absolute Gasteiger partial charge is 0.389 e. The lowest BCUT2D eigenvalue weighted by molar-refractivity contribution is -0.120. The Morgan fingerprint density at radius 2 is 2.24 bits per heavy atom. The molecule has 0 aromatic heterocycles. The van der Waals surface area contributed by atoms with E-state index in [-0.39, 0.29) is 11.9 Å². The van der Waals surface area contributed by atoms with Crippen molar-refractivity contribution in [1.29, 1.82) is 0 Å². The normalized spacial score (nSPS) is 17.8. The molecule has 1 aliphatic heterocycles. The summed E-state index contributed by atoms with van der Waals surface area (Å²) in [5.74, 6) is 2.29. The van der Waals surface area contributed by atoms with Crippen molar-refractivity contribution in [3.05, 3.63) is 29.8 Å². The van der Waals surface area contributed by atoms with Crippen LogP contribution >= 0.6 is 24.0 Å². The summed E-state index contributed by atoms with van der Waals surface area (Å²) in [6.45, 7) is 3.91. The maximum atomic E-state index is 12.4. The molecule has 21 heavy (non-hydrogen) atoms. The average molecular weight is 323 g/mol. The molecule has 0 bridgehead atoms. The van der Waals surface area contributed by atoms with Gasteiger partial charge in [-0.1, -0.05) is 24.4 Å². The molecule has 1 fully saturated rings. The zero-order valence-corrected chi connectivity index (χ0v) is 13.8. The topological polar surface area (TPSA) is 58.4 Å². The lowest BCUT2D eigenvalue weighted by Gasteiger charge is -2.26. The van der Waals surface area contributed by atoms with Crippen LogP contribution in [-0.2, 0) is 4.79 Å². The quantitative estimate of drug-likeness (QED) is 0.831. The SMILES string of the molecule is CC(C(=O)Nc1cccc(C(N)=S)c1)N1CCCSCC1. The summed E-state index contributed by atoms with van der Waals surface area (Å²) in [6, 6.07) is 7.22. The Hall–Kier alpha value is -1.11. The molecular formula is C15H21N3OS2. The molecule has 114 valence electrons. The number of hydrogen-bond acceptors (Lipinski definition) is 4. The number of nitrogens with one attached hydrogen (secondary N) is 1. The van der Waals surface area contributed by atoms with Crippen molar-refractivity contribution in [2.24, 2.45) is 5.73 Å². The third-order valence-electron chi connectivity index (χ3n) is 3.60. The fourth-order valence-corrected chi connectivity index (χ4v) is 3.34. The number of thioether (sulfide) groups is 1. The first-order valence-electron chi connectivity index (χ1n) is 7.10. The predicted octanol–water partition coefficient (Wildman–Crippen LogP) is 2.09. The van der Waals surface area contributed by atoms with E-state index in [1.54, 1.807) is 0 Å². The van der Waals surface area contributed by atoms with Gasteiger partial charge in [-0.15, -0.1) is 0 Å².